The van der Waals surface area contributed by atoms with Gasteiger partial charge < -0.3 is 19.7 Å². The Morgan fingerprint density at radius 3 is 2.36 bits per heavy atom. The molecule has 0 bridgehead atoms. The van der Waals surface area contributed by atoms with Crippen LogP contribution in [0.5, 0.6) is 11.5 Å². The number of nitrogens with one attached hydrogen (secondary N) is 1. The van der Waals surface area contributed by atoms with E-state index in [1.165, 1.54) is 5.56 Å². The number of hydrogen-bond donors (Lipinski definition) is 1. The van der Waals surface area contributed by atoms with E-state index in [2.05, 4.69) is 19.2 Å². The lowest BCUT2D eigenvalue weighted by Gasteiger charge is -2.29. The number of ether oxygens (including phenoxy) is 2. The molecule has 1 aliphatic rings. The lowest BCUT2D eigenvalue weighted by atomic mass is 10.0. The van der Waals surface area contributed by atoms with Crippen molar-refractivity contribution in [3.63, 3.8) is 0 Å². The van der Waals surface area contributed by atoms with E-state index < -0.39 is 6.04 Å². The van der Waals surface area contributed by atoms with Crippen LogP contribution in [0.3, 0.4) is 0 Å². The van der Waals surface area contributed by atoms with Gasteiger partial charge in [-0.05, 0) is 61.1 Å². The summed E-state index contributed by atoms with van der Waals surface area (Å²) in [6.07, 6.45) is 4.26. The third-order valence-electron chi connectivity index (χ3n) is 6.26. The molecule has 33 heavy (non-hydrogen) atoms. The zero-order chi connectivity index (χ0) is 23.8. The van der Waals surface area contributed by atoms with Crippen molar-refractivity contribution >= 4 is 11.8 Å². The summed E-state index contributed by atoms with van der Waals surface area (Å²) < 4.78 is 11.1. The number of hydrogen-bond acceptors (Lipinski definition) is 4. The molecule has 0 radical (unpaired) electrons. The number of nitrogens with zero attached hydrogens (tertiary/aromatic N) is 1. The molecule has 2 aromatic rings. The van der Waals surface area contributed by atoms with Gasteiger partial charge in [0.2, 0.25) is 5.91 Å². The van der Waals surface area contributed by atoms with Gasteiger partial charge >= 0.3 is 0 Å². The van der Waals surface area contributed by atoms with Gasteiger partial charge in [-0.15, -0.1) is 0 Å². The van der Waals surface area contributed by atoms with E-state index >= 15 is 0 Å². The normalized spacial score (nSPS) is 14.7. The number of methoxy groups -OCH3 is 1. The van der Waals surface area contributed by atoms with E-state index in [1.54, 1.807) is 18.9 Å². The Labute approximate surface area is 197 Å². The molecule has 1 aliphatic carbocycles. The Hall–Kier alpha value is -3.02. The van der Waals surface area contributed by atoms with Crippen molar-refractivity contribution in [2.45, 2.75) is 71.0 Å². The van der Waals surface area contributed by atoms with Gasteiger partial charge in [0.1, 0.15) is 17.5 Å². The van der Waals surface area contributed by atoms with Gasteiger partial charge in [-0.3, -0.25) is 9.59 Å². The zero-order valence-corrected chi connectivity index (χ0v) is 20.2. The summed E-state index contributed by atoms with van der Waals surface area (Å²) in [6.45, 7) is 6.21. The van der Waals surface area contributed by atoms with Crippen LogP contribution in [-0.2, 0) is 16.1 Å². The first-order valence-electron chi connectivity index (χ1n) is 11.8. The van der Waals surface area contributed by atoms with Crippen LogP contribution in [0.4, 0.5) is 0 Å². The zero-order valence-electron chi connectivity index (χ0n) is 20.2. The minimum atomic E-state index is -0.615. The molecule has 0 spiro atoms. The fourth-order valence-corrected chi connectivity index (χ4v) is 4.12. The van der Waals surface area contributed by atoms with Gasteiger partial charge in [0.25, 0.3) is 5.91 Å². The van der Waals surface area contributed by atoms with Crippen molar-refractivity contribution in [3.05, 3.63) is 59.7 Å². The van der Waals surface area contributed by atoms with Crippen LogP contribution in [0.25, 0.3) is 0 Å². The standard InChI is InChI=1S/C27H36N2O4/c1-19(2)22-12-14-24(15-13-22)33-18-26(30)29(17-21-8-7-11-25(16-21)32-4)20(3)27(31)28-23-9-5-6-10-23/h7-8,11-16,19-20,23H,5-6,9-10,17-18H2,1-4H3,(H,28,31)/t20-/m0/s1. The van der Waals surface area contributed by atoms with Gasteiger partial charge in [-0.25, -0.2) is 0 Å². The molecule has 6 heteroatoms. The highest BCUT2D eigenvalue weighted by Gasteiger charge is 2.28. The maximum atomic E-state index is 13.2. The second-order valence-corrected chi connectivity index (χ2v) is 9.05. The molecular formula is C27H36N2O4. The van der Waals surface area contributed by atoms with E-state index in [9.17, 15) is 9.59 Å². The molecule has 1 N–H and O–H groups in total. The summed E-state index contributed by atoms with van der Waals surface area (Å²) >= 11 is 0. The molecule has 0 aromatic heterocycles. The first kappa shape index (κ1) is 24.6. The van der Waals surface area contributed by atoms with Crippen LogP contribution in [0.1, 0.15) is 63.5 Å². The predicted molar refractivity (Wildman–Crippen MR) is 129 cm³/mol. The Bertz CT molecular complexity index is 920. The van der Waals surface area contributed by atoms with Crippen molar-refractivity contribution < 1.29 is 19.1 Å². The first-order chi connectivity index (χ1) is 15.9. The molecular weight excluding hydrogens is 416 g/mol. The SMILES string of the molecule is COc1cccc(CN(C(=O)COc2ccc(C(C)C)cc2)[C@@H](C)C(=O)NC2CCCC2)c1. The monoisotopic (exact) mass is 452 g/mol. The van der Waals surface area contributed by atoms with Crippen LogP contribution < -0.4 is 14.8 Å². The lowest BCUT2D eigenvalue weighted by molar-refractivity contribution is -0.142. The summed E-state index contributed by atoms with van der Waals surface area (Å²) in [5.74, 6) is 1.42. The van der Waals surface area contributed by atoms with Crippen molar-refractivity contribution in [2.75, 3.05) is 13.7 Å². The van der Waals surface area contributed by atoms with Crippen LogP contribution in [-0.4, -0.2) is 42.5 Å². The second kappa shape index (κ2) is 11.7. The third-order valence-corrected chi connectivity index (χ3v) is 6.26. The summed E-state index contributed by atoms with van der Waals surface area (Å²) in [6, 6.07) is 14.9. The number of amides is 2. The highest BCUT2D eigenvalue weighted by Crippen LogP contribution is 2.21. The predicted octanol–water partition coefficient (Wildman–Crippen LogP) is 4.67. The van der Waals surface area contributed by atoms with Crippen molar-refractivity contribution in [1.82, 2.24) is 10.2 Å². The van der Waals surface area contributed by atoms with Gasteiger partial charge in [-0.1, -0.05) is 51.0 Å². The number of carbonyl (C=O) groups excluding carboxylic acids is 2. The molecule has 1 fully saturated rings. The van der Waals surface area contributed by atoms with E-state index in [0.29, 0.717) is 24.0 Å². The molecule has 2 amide bonds. The molecule has 1 saturated carbocycles. The van der Waals surface area contributed by atoms with Crippen LogP contribution in [0.2, 0.25) is 0 Å². The molecule has 178 valence electrons. The molecule has 6 nitrogen and oxygen atoms in total. The molecule has 3 rings (SSSR count). The summed E-state index contributed by atoms with van der Waals surface area (Å²) in [4.78, 5) is 27.8. The van der Waals surface area contributed by atoms with Crippen LogP contribution in [0.15, 0.2) is 48.5 Å². The van der Waals surface area contributed by atoms with Crippen molar-refractivity contribution in [3.8, 4) is 11.5 Å². The largest absolute Gasteiger partial charge is 0.497 e. The Balaban J connectivity index is 1.71. The van der Waals surface area contributed by atoms with E-state index in [0.717, 1.165) is 31.2 Å². The summed E-state index contributed by atoms with van der Waals surface area (Å²) in [7, 11) is 1.61. The number of carbonyl (C=O) groups is 2. The van der Waals surface area contributed by atoms with Crippen molar-refractivity contribution in [2.24, 2.45) is 0 Å². The van der Waals surface area contributed by atoms with Gasteiger partial charge in [0, 0.05) is 12.6 Å². The average molecular weight is 453 g/mol. The number of rotatable bonds is 10. The summed E-state index contributed by atoms with van der Waals surface area (Å²) in [5.41, 5.74) is 2.11. The van der Waals surface area contributed by atoms with Gasteiger partial charge in [-0.2, -0.15) is 0 Å². The van der Waals surface area contributed by atoms with E-state index in [-0.39, 0.29) is 24.5 Å². The minimum Gasteiger partial charge on any atom is -0.497 e. The molecule has 0 aliphatic heterocycles. The smallest absolute Gasteiger partial charge is 0.261 e. The lowest BCUT2D eigenvalue weighted by Crippen LogP contribution is -2.50. The Morgan fingerprint density at radius 2 is 1.73 bits per heavy atom. The minimum absolute atomic E-state index is 0.126. The molecule has 1 atom stereocenters. The third kappa shape index (κ3) is 6.98. The average Bonchev–Trinajstić information content (AvgIpc) is 3.34. The molecule has 0 saturated heterocycles. The Kier molecular flexibility index (Phi) is 8.75. The molecule has 2 aromatic carbocycles. The molecule has 0 unspecified atom stereocenters. The number of benzene rings is 2. The topological polar surface area (TPSA) is 67.9 Å². The fraction of sp³-hybridized carbons (Fsp3) is 0.481. The van der Waals surface area contributed by atoms with Gasteiger partial charge in [0.15, 0.2) is 6.61 Å². The van der Waals surface area contributed by atoms with Gasteiger partial charge in [0.05, 0.1) is 7.11 Å². The van der Waals surface area contributed by atoms with Crippen LogP contribution in [0, 0.1) is 0 Å². The highest BCUT2D eigenvalue weighted by molar-refractivity contribution is 5.88. The van der Waals surface area contributed by atoms with Crippen molar-refractivity contribution in [1.29, 1.82) is 0 Å². The summed E-state index contributed by atoms with van der Waals surface area (Å²) in [5, 5.41) is 3.11. The molecule has 0 heterocycles. The van der Waals surface area contributed by atoms with E-state index in [4.69, 9.17) is 9.47 Å². The van der Waals surface area contributed by atoms with E-state index in [1.807, 2.05) is 48.5 Å². The Morgan fingerprint density at radius 1 is 1.03 bits per heavy atom. The maximum absolute atomic E-state index is 13.2. The van der Waals surface area contributed by atoms with Crippen LogP contribution >= 0.6 is 0 Å². The first-order valence-corrected chi connectivity index (χ1v) is 11.8. The fourth-order valence-electron chi connectivity index (χ4n) is 4.12. The maximum Gasteiger partial charge on any atom is 0.261 e. The quantitative estimate of drug-likeness (QED) is 0.569. The second-order valence-electron chi connectivity index (χ2n) is 9.05. The highest BCUT2D eigenvalue weighted by atomic mass is 16.5.